The van der Waals surface area contributed by atoms with Gasteiger partial charge >= 0.3 is 5.97 Å². The number of pyridine rings is 2. The number of aromatic nitrogens is 4. The van der Waals surface area contributed by atoms with Gasteiger partial charge < -0.3 is 4.74 Å². The second-order valence-electron chi connectivity index (χ2n) is 7.51. The van der Waals surface area contributed by atoms with Gasteiger partial charge in [0.1, 0.15) is 0 Å². The second kappa shape index (κ2) is 7.57. The number of nitrogens with one attached hydrogen (secondary N) is 1. The van der Waals surface area contributed by atoms with Crippen LogP contribution in [0, 0.1) is 5.41 Å². The molecule has 0 fully saturated rings. The van der Waals surface area contributed by atoms with Crippen LogP contribution in [-0.4, -0.2) is 32.3 Å². The second-order valence-corrected chi connectivity index (χ2v) is 7.51. The van der Waals surface area contributed by atoms with Crippen LogP contribution in [0.5, 0.6) is 0 Å². The molecule has 140 valence electrons. The van der Waals surface area contributed by atoms with Crippen molar-refractivity contribution in [1.82, 2.24) is 19.7 Å². The van der Waals surface area contributed by atoms with Gasteiger partial charge in [0, 0.05) is 36.8 Å². The Balaban J connectivity index is 1.74. The topological polar surface area (TPSA) is 89.9 Å². The first-order valence-electron chi connectivity index (χ1n) is 8.65. The summed E-state index contributed by atoms with van der Waals surface area (Å²) >= 11 is 0. The molecule has 0 amide bonds. The van der Waals surface area contributed by atoms with E-state index in [2.05, 4.69) is 15.1 Å². The van der Waals surface area contributed by atoms with Crippen molar-refractivity contribution in [3.05, 3.63) is 76.1 Å². The Kier molecular flexibility index (Phi) is 5.21. The summed E-state index contributed by atoms with van der Waals surface area (Å²) in [6.07, 6.45) is 6.97. The Labute approximate surface area is 157 Å². The Morgan fingerprint density at radius 1 is 1.19 bits per heavy atom. The standard InChI is InChI=1S/C20H22N4O3/c1-20(2,3)13-27-19(26)15-4-5-17(22-11-15)24-18(25)16(12-23-24)10-14-6-8-21-9-7-14/h4-9,11-12,23H,10,13H2,1-3H3. The normalized spacial score (nSPS) is 11.4. The highest BCUT2D eigenvalue weighted by Gasteiger charge is 2.16. The molecule has 0 aromatic carbocycles. The van der Waals surface area contributed by atoms with Crippen molar-refractivity contribution in [2.24, 2.45) is 5.41 Å². The van der Waals surface area contributed by atoms with Gasteiger partial charge in [0.25, 0.3) is 5.56 Å². The molecular weight excluding hydrogens is 344 g/mol. The third kappa shape index (κ3) is 4.69. The molecule has 3 rings (SSSR count). The van der Waals surface area contributed by atoms with Crippen molar-refractivity contribution >= 4 is 5.97 Å². The Hall–Kier alpha value is -3.22. The van der Waals surface area contributed by atoms with E-state index >= 15 is 0 Å². The number of hydrogen-bond acceptors (Lipinski definition) is 5. The summed E-state index contributed by atoms with van der Waals surface area (Å²) in [4.78, 5) is 32.8. The Morgan fingerprint density at radius 3 is 2.56 bits per heavy atom. The molecule has 0 saturated heterocycles. The first kappa shape index (κ1) is 18.6. The molecule has 0 saturated carbocycles. The van der Waals surface area contributed by atoms with Gasteiger partial charge in [-0.25, -0.2) is 14.5 Å². The Bertz CT molecular complexity index is 967. The molecule has 7 heteroatoms. The lowest BCUT2D eigenvalue weighted by Gasteiger charge is -2.17. The van der Waals surface area contributed by atoms with Gasteiger partial charge in [0.15, 0.2) is 5.82 Å². The molecule has 7 nitrogen and oxygen atoms in total. The summed E-state index contributed by atoms with van der Waals surface area (Å²) in [6.45, 7) is 6.29. The molecule has 0 spiro atoms. The number of nitrogens with zero attached hydrogens (tertiary/aromatic N) is 3. The molecular formula is C20H22N4O3. The monoisotopic (exact) mass is 366 g/mol. The fourth-order valence-corrected chi connectivity index (χ4v) is 2.43. The van der Waals surface area contributed by atoms with Gasteiger partial charge in [-0.15, -0.1) is 0 Å². The maximum Gasteiger partial charge on any atom is 0.339 e. The average molecular weight is 366 g/mol. The van der Waals surface area contributed by atoms with Crippen molar-refractivity contribution in [3.8, 4) is 5.82 Å². The van der Waals surface area contributed by atoms with Crippen LogP contribution < -0.4 is 5.56 Å². The van der Waals surface area contributed by atoms with Crippen molar-refractivity contribution in [3.63, 3.8) is 0 Å². The van der Waals surface area contributed by atoms with Crippen LogP contribution >= 0.6 is 0 Å². The zero-order valence-corrected chi connectivity index (χ0v) is 15.6. The van der Waals surface area contributed by atoms with E-state index in [9.17, 15) is 9.59 Å². The maximum absolute atomic E-state index is 12.6. The number of carbonyl (C=O) groups excluding carboxylic acids is 1. The third-order valence-corrected chi connectivity index (χ3v) is 3.84. The molecule has 0 aliphatic heterocycles. The molecule has 0 bridgehead atoms. The summed E-state index contributed by atoms with van der Waals surface area (Å²) in [7, 11) is 0. The number of hydrogen-bond donors (Lipinski definition) is 1. The molecule has 0 unspecified atom stereocenters. The molecule has 0 aliphatic rings. The molecule has 0 aliphatic carbocycles. The van der Waals surface area contributed by atoms with Crippen LogP contribution in [-0.2, 0) is 11.2 Å². The highest BCUT2D eigenvalue weighted by molar-refractivity contribution is 5.89. The van der Waals surface area contributed by atoms with Gasteiger partial charge in [-0.2, -0.15) is 0 Å². The number of carbonyl (C=O) groups is 1. The summed E-state index contributed by atoms with van der Waals surface area (Å²) < 4.78 is 6.62. The molecule has 27 heavy (non-hydrogen) atoms. The molecule has 3 heterocycles. The fourth-order valence-electron chi connectivity index (χ4n) is 2.43. The zero-order chi connectivity index (χ0) is 19.4. The number of H-pyrrole nitrogens is 1. The molecule has 3 aromatic rings. The van der Waals surface area contributed by atoms with Gasteiger partial charge in [-0.3, -0.25) is 14.9 Å². The van der Waals surface area contributed by atoms with Gasteiger partial charge in [-0.05, 0) is 35.2 Å². The molecule has 3 aromatic heterocycles. The number of aromatic amines is 1. The van der Waals surface area contributed by atoms with Crippen molar-refractivity contribution in [1.29, 1.82) is 0 Å². The molecule has 0 radical (unpaired) electrons. The quantitative estimate of drug-likeness (QED) is 0.701. The number of rotatable bonds is 5. The summed E-state index contributed by atoms with van der Waals surface area (Å²) in [5, 5.41) is 2.91. The van der Waals surface area contributed by atoms with Crippen LogP contribution in [0.3, 0.4) is 0 Å². The zero-order valence-electron chi connectivity index (χ0n) is 15.6. The Morgan fingerprint density at radius 2 is 1.93 bits per heavy atom. The molecule has 0 atom stereocenters. The van der Waals surface area contributed by atoms with E-state index in [1.807, 2.05) is 32.9 Å². The van der Waals surface area contributed by atoms with Crippen LogP contribution in [0.1, 0.15) is 42.3 Å². The summed E-state index contributed by atoms with van der Waals surface area (Å²) in [6, 6.07) is 6.95. The minimum atomic E-state index is -0.429. The highest BCUT2D eigenvalue weighted by atomic mass is 16.5. The van der Waals surface area contributed by atoms with E-state index in [0.717, 1.165) is 5.56 Å². The van der Waals surface area contributed by atoms with Crippen molar-refractivity contribution in [2.75, 3.05) is 6.61 Å². The van der Waals surface area contributed by atoms with E-state index in [1.54, 1.807) is 30.7 Å². The van der Waals surface area contributed by atoms with Crippen LogP contribution in [0.4, 0.5) is 0 Å². The van der Waals surface area contributed by atoms with E-state index in [4.69, 9.17) is 4.74 Å². The fraction of sp³-hybridized carbons (Fsp3) is 0.300. The predicted molar refractivity (Wildman–Crippen MR) is 101 cm³/mol. The van der Waals surface area contributed by atoms with Crippen molar-refractivity contribution in [2.45, 2.75) is 27.2 Å². The van der Waals surface area contributed by atoms with Gasteiger partial charge in [0.05, 0.1) is 12.2 Å². The SMILES string of the molecule is CC(C)(C)COC(=O)c1ccc(-n2[nH]cc(Cc3ccncc3)c2=O)nc1. The van der Waals surface area contributed by atoms with Crippen LogP contribution in [0.15, 0.2) is 53.8 Å². The first-order chi connectivity index (χ1) is 12.8. The first-order valence-corrected chi connectivity index (χ1v) is 8.65. The van der Waals surface area contributed by atoms with E-state index < -0.39 is 5.97 Å². The minimum Gasteiger partial charge on any atom is -0.461 e. The smallest absolute Gasteiger partial charge is 0.339 e. The van der Waals surface area contributed by atoms with Gasteiger partial charge in [-0.1, -0.05) is 20.8 Å². The predicted octanol–water partition coefficient (Wildman–Crippen LogP) is 2.75. The van der Waals surface area contributed by atoms with E-state index in [0.29, 0.717) is 30.0 Å². The summed E-state index contributed by atoms with van der Waals surface area (Å²) in [5.74, 6) is -0.0190. The number of esters is 1. The lowest BCUT2D eigenvalue weighted by atomic mass is 9.99. The highest BCUT2D eigenvalue weighted by Crippen LogP contribution is 2.14. The van der Waals surface area contributed by atoms with Gasteiger partial charge in [0.2, 0.25) is 0 Å². The minimum absolute atomic E-state index is 0.105. The lowest BCUT2D eigenvalue weighted by Crippen LogP contribution is -2.20. The molecule has 1 N–H and O–H groups in total. The largest absolute Gasteiger partial charge is 0.461 e. The van der Waals surface area contributed by atoms with E-state index in [1.165, 1.54) is 10.9 Å². The summed E-state index contributed by atoms with van der Waals surface area (Å²) in [5.41, 5.74) is 1.68. The number of ether oxygens (including phenoxy) is 1. The average Bonchev–Trinajstić information content (AvgIpc) is 3.00. The van der Waals surface area contributed by atoms with E-state index in [-0.39, 0.29) is 11.0 Å². The maximum atomic E-state index is 12.6. The van der Waals surface area contributed by atoms with Crippen LogP contribution in [0.25, 0.3) is 5.82 Å². The van der Waals surface area contributed by atoms with Crippen molar-refractivity contribution < 1.29 is 9.53 Å². The lowest BCUT2D eigenvalue weighted by molar-refractivity contribution is 0.0366. The van der Waals surface area contributed by atoms with Crippen LogP contribution in [0.2, 0.25) is 0 Å². The third-order valence-electron chi connectivity index (χ3n) is 3.84.